The average Bonchev–Trinajstić information content (AvgIpc) is 2.55. The summed E-state index contributed by atoms with van der Waals surface area (Å²) in [5, 5.41) is 4.72. The first kappa shape index (κ1) is 8.81. The number of amides is 2. The molecule has 1 saturated heterocycles. The van der Waals surface area contributed by atoms with E-state index in [9.17, 15) is 4.79 Å². The normalized spacial score (nSPS) is 23.5. The van der Waals surface area contributed by atoms with Crippen LogP contribution in [-0.4, -0.2) is 23.5 Å². The van der Waals surface area contributed by atoms with Gasteiger partial charge in [-0.2, -0.15) is 0 Å². The molecule has 1 aromatic rings. The van der Waals surface area contributed by atoms with Crippen molar-refractivity contribution in [1.82, 2.24) is 10.2 Å². The van der Waals surface area contributed by atoms with Gasteiger partial charge in [0.2, 0.25) is 0 Å². The average molecular weight is 227 g/mol. The second-order valence-corrected chi connectivity index (χ2v) is 4.15. The molecule has 0 aliphatic carbocycles. The zero-order valence-corrected chi connectivity index (χ0v) is 8.88. The second-order valence-electron chi connectivity index (χ2n) is 4.15. The van der Waals surface area contributed by atoms with Gasteiger partial charge in [0.1, 0.15) is 12.0 Å². The van der Waals surface area contributed by atoms with Crippen LogP contribution in [-0.2, 0) is 0 Å². The first-order chi connectivity index (χ1) is 8.34. The topological polar surface area (TPSA) is 53.9 Å². The lowest BCUT2D eigenvalue weighted by molar-refractivity contribution is 0.234. The van der Waals surface area contributed by atoms with E-state index < -0.39 is 0 Å². The van der Waals surface area contributed by atoms with Gasteiger partial charge in [-0.05, 0) is 12.1 Å². The Morgan fingerprint density at radius 1 is 1.47 bits per heavy atom. The van der Waals surface area contributed by atoms with Crippen molar-refractivity contribution in [3.05, 3.63) is 41.2 Å². The number of rotatable bonds is 0. The predicted molar refractivity (Wildman–Crippen MR) is 59.4 cm³/mol. The summed E-state index contributed by atoms with van der Waals surface area (Å²) in [5.74, 6) is 0.751. The molecule has 1 aromatic carbocycles. The first-order valence-electron chi connectivity index (χ1n) is 5.45. The number of nitrogens with zero attached hydrogens (tertiary/aromatic N) is 2. The van der Waals surface area contributed by atoms with Gasteiger partial charge < -0.3 is 10.1 Å². The van der Waals surface area contributed by atoms with Crippen LogP contribution in [0.5, 0.6) is 5.75 Å². The lowest BCUT2D eigenvalue weighted by atomic mass is 10.1. The molecule has 0 bridgehead atoms. The van der Waals surface area contributed by atoms with Gasteiger partial charge in [-0.3, -0.25) is 9.89 Å². The van der Waals surface area contributed by atoms with Crippen LogP contribution in [0, 0.1) is 0 Å². The van der Waals surface area contributed by atoms with Gasteiger partial charge >= 0.3 is 6.03 Å². The van der Waals surface area contributed by atoms with Crippen LogP contribution < -0.4 is 20.6 Å². The Kier molecular flexibility index (Phi) is 1.49. The van der Waals surface area contributed by atoms with Crippen molar-refractivity contribution in [2.24, 2.45) is 4.99 Å². The maximum atomic E-state index is 11.8. The zero-order valence-electron chi connectivity index (χ0n) is 8.88. The minimum absolute atomic E-state index is 0.0394. The molecule has 1 N–H and O–H groups in total. The molecular weight excluding hydrogens is 218 g/mol. The Bertz CT molecular complexity index is 677. The van der Waals surface area contributed by atoms with Crippen LogP contribution in [0.25, 0.3) is 5.70 Å². The van der Waals surface area contributed by atoms with Crippen LogP contribution in [0.4, 0.5) is 4.79 Å². The van der Waals surface area contributed by atoms with Crippen molar-refractivity contribution in [1.29, 1.82) is 0 Å². The van der Waals surface area contributed by atoms with Gasteiger partial charge in [0.25, 0.3) is 0 Å². The number of nitrogens with one attached hydrogen (secondary N) is 1. The number of hydrogen-bond donors (Lipinski definition) is 1. The SMILES string of the molecule is O=C1NC2CN=c3cccc4c3=C2N1C=CO4. The fraction of sp³-hybridized carbons (Fsp3) is 0.167. The Labute approximate surface area is 96.7 Å². The molecule has 2 amide bonds. The smallest absolute Gasteiger partial charge is 0.326 e. The molecule has 3 heterocycles. The fourth-order valence-electron chi connectivity index (χ4n) is 2.50. The Morgan fingerprint density at radius 3 is 3.35 bits per heavy atom. The maximum Gasteiger partial charge on any atom is 0.326 e. The molecule has 0 aromatic heterocycles. The number of ether oxygens (including phenoxy) is 1. The van der Waals surface area contributed by atoms with Crippen molar-refractivity contribution in [3.63, 3.8) is 0 Å². The molecule has 1 fully saturated rings. The predicted octanol–water partition coefficient (Wildman–Crippen LogP) is -0.315. The van der Waals surface area contributed by atoms with E-state index >= 15 is 0 Å². The number of carbonyl (C=O) groups excluding carboxylic acids is 1. The summed E-state index contributed by atoms with van der Waals surface area (Å²) >= 11 is 0. The summed E-state index contributed by atoms with van der Waals surface area (Å²) in [4.78, 5) is 17.9. The third-order valence-electron chi connectivity index (χ3n) is 3.22. The Balaban J connectivity index is 2.20. The van der Waals surface area contributed by atoms with Gasteiger partial charge in [0, 0.05) is 6.20 Å². The van der Waals surface area contributed by atoms with Crippen molar-refractivity contribution in [3.8, 4) is 5.75 Å². The summed E-state index contributed by atoms with van der Waals surface area (Å²) in [6.07, 6.45) is 3.18. The van der Waals surface area contributed by atoms with E-state index in [4.69, 9.17) is 4.74 Å². The number of urea groups is 1. The number of carbonyl (C=O) groups is 1. The van der Waals surface area contributed by atoms with E-state index in [1.807, 2.05) is 18.2 Å². The molecule has 0 spiro atoms. The van der Waals surface area contributed by atoms with Crippen LogP contribution in [0.2, 0.25) is 0 Å². The standard InChI is InChI=1S/C12H9N3O2/c16-12-14-8-6-13-7-2-1-3-9-10(7)11(8)15(12)4-5-17-9/h1-5,8H,6H2,(H,14,16). The maximum absolute atomic E-state index is 11.8. The van der Waals surface area contributed by atoms with E-state index in [1.165, 1.54) is 6.26 Å². The van der Waals surface area contributed by atoms with Gasteiger partial charge in [-0.1, -0.05) is 6.07 Å². The largest absolute Gasteiger partial charge is 0.463 e. The van der Waals surface area contributed by atoms with Crippen molar-refractivity contribution in [2.75, 3.05) is 6.54 Å². The lowest BCUT2D eigenvalue weighted by Gasteiger charge is -2.15. The van der Waals surface area contributed by atoms with Crippen molar-refractivity contribution >= 4 is 11.7 Å². The molecule has 84 valence electrons. The summed E-state index contributed by atoms with van der Waals surface area (Å²) in [7, 11) is 0. The third-order valence-corrected chi connectivity index (χ3v) is 3.22. The molecule has 3 aliphatic heterocycles. The minimum Gasteiger partial charge on any atom is -0.463 e. The van der Waals surface area contributed by atoms with Gasteiger partial charge in [-0.25, -0.2) is 4.79 Å². The van der Waals surface area contributed by atoms with Crippen LogP contribution >= 0.6 is 0 Å². The zero-order chi connectivity index (χ0) is 11.4. The monoisotopic (exact) mass is 227 g/mol. The van der Waals surface area contributed by atoms with Crippen molar-refractivity contribution < 1.29 is 9.53 Å². The third kappa shape index (κ3) is 1.03. The molecule has 0 saturated carbocycles. The second kappa shape index (κ2) is 2.88. The molecule has 4 rings (SSSR count). The van der Waals surface area contributed by atoms with Crippen LogP contribution in [0.15, 0.2) is 35.7 Å². The Morgan fingerprint density at radius 2 is 2.41 bits per heavy atom. The summed E-state index contributed by atoms with van der Waals surface area (Å²) in [6.45, 7) is 0.585. The quantitative estimate of drug-likeness (QED) is 0.660. The highest BCUT2D eigenvalue weighted by Gasteiger charge is 2.36. The molecular formula is C12H9N3O2. The molecule has 5 nitrogen and oxygen atoms in total. The molecule has 1 atom stereocenters. The molecule has 3 aliphatic rings. The van der Waals surface area contributed by atoms with E-state index in [2.05, 4.69) is 10.3 Å². The highest BCUT2D eigenvalue weighted by atomic mass is 16.5. The van der Waals surface area contributed by atoms with E-state index in [0.29, 0.717) is 6.54 Å². The Hall–Kier alpha value is -2.30. The fourth-order valence-corrected chi connectivity index (χ4v) is 2.50. The minimum atomic E-state index is -0.121. The summed E-state index contributed by atoms with van der Waals surface area (Å²) in [5.41, 5.74) is 0.948. The van der Waals surface area contributed by atoms with Gasteiger partial charge in [-0.15, -0.1) is 0 Å². The first-order valence-corrected chi connectivity index (χ1v) is 5.45. The van der Waals surface area contributed by atoms with Crippen LogP contribution in [0.1, 0.15) is 0 Å². The van der Waals surface area contributed by atoms with Gasteiger partial charge in [0.05, 0.1) is 28.9 Å². The molecule has 17 heavy (non-hydrogen) atoms. The number of benzene rings is 1. The highest BCUT2D eigenvalue weighted by Crippen LogP contribution is 2.23. The molecule has 0 radical (unpaired) electrons. The molecule has 5 heteroatoms. The lowest BCUT2D eigenvalue weighted by Crippen LogP contribution is -2.40. The van der Waals surface area contributed by atoms with Gasteiger partial charge in [0.15, 0.2) is 0 Å². The van der Waals surface area contributed by atoms with Crippen molar-refractivity contribution in [2.45, 2.75) is 6.04 Å². The number of hydrogen-bond acceptors (Lipinski definition) is 3. The molecule has 1 unspecified atom stereocenters. The van der Waals surface area contributed by atoms with E-state index in [-0.39, 0.29) is 12.1 Å². The van der Waals surface area contributed by atoms with Crippen LogP contribution in [0.3, 0.4) is 0 Å². The summed E-state index contributed by atoms with van der Waals surface area (Å²) in [6, 6.07) is 5.58. The summed E-state index contributed by atoms with van der Waals surface area (Å²) < 4.78 is 5.51. The highest BCUT2D eigenvalue weighted by molar-refractivity contribution is 5.90. The van der Waals surface area contributed by atoms with E-state index in [0.717, 1.165) is 22.0 Å². The van der Waals surface area contributed by atoms with E-state index in [1.54, 1.807) is 11.1 Å².